The maximum atomic E-state index is 12.2. The molecule has 4 heteroatoms. The Labute approximate surface area is 136 Å². The van der Waals surface area contributed by atoms with Gasteiger partial charge >= 0.3 is 0 Å². The number of rotatable bonds is 3. The number of hydrogen-bond donors (Lipinski definition) is 0. The molecule has 2 fully saturated rings. The third-order valence-electron chi connectivity index (χ3n) is 4.71. The third-order valence-corrected chi connectivity index (χ3v) is 4.71. The van der Waals surface area contributed by atoms with Crippen LogP contribution < -0.4 is 0 Å². The summed E-state index contributed by atoms with van der Waals surface area (Å²) in [7, 11) is 0. The summed E-state index contributed by atoms with van der Waals surface area (Å²) in [5, 5.41) is 4.18. The lowest BCUT2D eigenvalue weighted by Crippen LogP contribution is -2.55. The second-order valence-corrected chi connectivity index (χ2v) is 6.27. The molecule has 0 N–H and O–H groups in total. The van der Waals surface area contributed by atoms with Gasteiger partial charge in [-0.25, -0.2) is 5.01 Å². The molecule has 2 aromatic rings. The molecule has 2 aliphatic heterocycles. The molecule has 0 aliphatic carbocycles. The number of fused-ring (bicyclic) bond motifs is 1. The van der Waals surface area contributed by atoms with E-state index in [4.69, 9.17) is 0 Å². The minimum Gasteiger partial charge on any atom is -0.278 e. The van der Waals surface area contributed by atoms with Crippen molar-refractivity contribution < 1.29 is 4.79 Å². The standard InChI is InChI=1S/C19H21N3O/c23-19-11-12-21-18(17-9-5-2-6-10-17)14-20(15-22(19)21)13-16-7-3-1-4-8-16/h1-10,18H,11-15H2. The predicted octanol–water partition coefficient (Wildman–Crippen LogP) is 2.65. The lowest BCUT2D eigenvalue weighted by atomic mass is 10.0. The predicted molar refractivity (Wildman–Crippen MR) is 89.1 cm³/mol. The number of carbonyl (C=O) groups excluding carboxylic acids is 1. The van der Waals surface area contributed by atoms with Crippen molar-refractivity contribution in [3.05, 3.63) is 71.8 Å². The summed E-state index contributed by atoms with van der Waals surface area (Å²) in [6.07, 6.45) is 0.627. The highest BCUT2D eigenvalue weighted by molar-refractivity contribution is 5.77. The van der Waals surface area contributed by atoms with Crippen molar-refractivity contribution in [1.82, 2.24) is 14.9 Å². The Bertz CT molecular complexity index is 674. The minimum atomic E-state index is 0.240. The first kappa shape index (κ1) is 14.4. The van der Waals surface area contributed by atoms with Gasteiger partial charge in [0.05, 0.1) is 12.7 Å². The number of carbonyl (C=O) groups is 1. The number of benzene rings is 2. The second-order valence-electron chi connectivity index (χ2n) is 6.27. The van der Waals surface area contributed by atoms with Gasteiger partial charge in [0.1, 0.15) is 0 Å². The van der Waals surface area contributed by atoms with E-state index in [1.807, 2.05) is 17.1 Å². The van der Waals surface area contributed by atoms with Gasteiger partial charge in [0.25, 0.3) is 0 Å². The van der Waals surface area contributed by atoms with Crippen LogP contribution in [0.25, 0.3) is 0 Å². The zero-order valence-electron chi connectivity index (χ0n) is 13.1. The van der Waals surface area contributed by atoms with E-state index >= 15 is 0 Å². The Morgan fingerprint density at radius 3 is 2.39 bits per heavy atom. The maximum absolute atomic E-state index is 12.2. The van der Waals surface area contributed by atoms with Gasteiger partial charge in [0.2, 0.25) is 5.91 Å². The van der Waals surface area contributed by atoms with Crippen LogP contribution in [0.5, 0.6) is 0 Å². The largest absolute Gasteiger partial charge is 0.278 e. The fourth-order valence-corrected chi connectivity index (χ4v) is 3.58. The van der Waals surface area contributed by atoms with E-state index in [2.05, 4.69) is 58.4 Å². The zero-order valence-corrected chi connectivity index (χ0v) is 13.1. The Balaban J connectivity index is 1.59. The summed E-state index contributed by atoms with van der Waals surface area (Å²) in [5.74, 6) is 0.240. The molecule has 1 atom stereocenters. The molecule has 0 radical (unpaired) electrons. The molecular formula is C19H21N3O. The van der Waals surface area contributed by atoms with E-state index in [1.165, 1.54) is 11.1 Å². The van der Waals surface area contributed by atoms with Gasteiger partial charge in [-0.15, -0.1) is 0 Å². The first-order chi connectivity index (χ1) is 11.3. The van der Waals surface area contributed by atoms with Crippen LogP contribution >= 0.6 is 0 Å². The van der Waals surface area contributed by atoms with Crippen molar-refractivity contribution in [1.29, 1.82) is 0 Å². The molecule has 4 rings (SSSR count). The SMILES string of the molecule is O=C1CCN2C(c3ccccc3)CN(Cc3ccccc3)CN12. The number of hydrazine groups is 1. The second kappa shape index (κ2) is 6.14. The summed E-state index contributed by atoms with van der Waals surface area (Å²) in [5.41, 5.74) is 2.57. The highest BCUT2D eigenvalue weighted by Crippen LogP contribution is 2.32. The van der Waals surface area contributed by atoms with Crippen LogP contribution in [0, 0.1) is 0 Å². The highest BCUT2D eigenvalue weighted by atomic mass is 16.2. The summed E-state index contributed by atoms with van der Waals surface area (Å²) >= 11 is 0. The molecule has 2 aromatic carbocycles. The normalized spacial score (nSPS) is 22.3. The van der Waals surface area contributed by atoms with Gasteiger partial charge in [-0.3, -0.25) is 14.7 Å². The average Bonchev–Trinajstić information content (AvgIpc) is 2.97. The van der Waals surface area contributed by atoms with E-state index in [0.29, 0.717) is 13.1 Å². The Morgan fingerprint density at radius 1 is 0.957 bits per heavy atom. The van der Waals surface area contributed by atoms with E-state index in [1.54, 1.807) is 0 Å². The van der Waals surface area contributed by atoms with Crippen LogP contribution in [0.2, 0.25) is 0 Å². The molecule has 0 spiro atoms. The fraction of sp³-hybridized carbons (Fsp3) is 0.316. The van der Waals surface area contributed by atoms with Crippen molar-refractivity contribution >= 4 is 5.91 Å². The van der Waals surface area contributed by atoms with Gasteiger partial charge in [0.15, 0.2) is 0 Å². The van der Waals surface area contributed by atoms with Gasteiger partial charge < -0.3 is 0 Å². The van der Waals surface area contributed by atoms with Crippen LogP contribution in [0.4, 0.5) is 0 Å². The summed E-state index contributed by atoms with van der Waals surface area (Å²) in [4.78, 5) is 14.6. The zero-order chi connectivity index (χ0) is 15.6. The van der Waals surface area contributed by atoms with Crippen molar-refractivity contribution in [2.24, 2.45) is 0 Å². The van der Waals surface area contributed by atoms with Crippen molar-refractivity contribution in [2.75, 3.05) is 19.8 Å². The van der Waals surface area contributed by atoms with Crippen LogP contribution in [-0.2, 0) is 11.3 Å². The van der Waals surface area contributed by atoms with Gasteiger partial charge in [0, 0.05) is 26.1 Å². The van der Waals surface area contributed by atoms with E-state index in [0.717, 1.165) is 19.6 Å². The molecule has 1 unspecified atom stereocenters. The van der Waals surface area contributed by atoms with E-state index in [-0.39, 0.29) is 11.9 Å². The Hall–Kier alpha value is -2.17. The van der Waals surface area contributed by atoms with Crippen LogP contribution in [-0.4, -0.2) is 40.6 Å². The minimum absolute atomic E-state index is 0.240. The summed E-state index contributed by atoms with van der Waals surface area (Å²) in [6, 6.07) is 21.3. The Kier molecular flexibility index (Phi) is 3.85. The molecule has 2 heterocycles. The van der Waals surface area contributed by atoms with Crippen LogP contribution in [0.1, 0.15) is 23.6 Å². The molecule has 4 nitrogen and oxygen atoms in total. The summed E-state index contributed by atoms with van der Waals surface area (Å²) in [6.45, 7) is 3.35. The quantitative estimate of drug-likeness (QED) is 0.872. The molecule has 23 heavy (non-hydrogen) atoms. The molecule has 118 valence electrons. The Morgan fingerprint density at radius 2 is 1.65 bits per heavy atom. The van der Waals surface area contributed by atoms with Crippen LogP contribution in [0.3, 0.4) is 0 Å². The molecule has 2 aliphatic rings. The van der Waals surface area contributed by atoms with Gasteiger partial charge in [-0.05, 0) is 11.1 Å². The summed E-state index contributed by atoms with van der Waals surface area (Å²) < 4.78 is 0. The average molecular weight is 307 g/mol. The number of nitrogens with zero attached hydrogens (tertiary/aromatic N) is 3. The smallest absolute Gasteiger partial charge is 0.239 e. The van der Waals surface area contributed by atoms with Crippen molar-refractivity contribution in [2.45, 2.75) is 19.0 Å². The van der Waals surface area contributed by atoms with Gasteiger partial charge in [-0.1, -0.05) is 60.7 Å². The number of hydrogen-bond acceptors (Lipinski definition) is 3. The fourth-order valence-electron chi connectivity index (χ4n) is 3.58. The van der Waals surface area contributed by atoms with Crippen LogP contribution in [0.15, 0.2) is 60.7 Å². The molecule has 0 saturated carbocycles. The first-order valence-electron chi connectivity index (χ1n) is 8.19. The van der Waals surface area contributed by atoms with Crippen molar-refractivity contribution in [3.8, 4) is 0 Å². The van der Waals surface area contributed by atoms with Gasteiger partial charge in [-0.2, -0.15) is 0 Å². The topological polar surface area (TPSA) is 26.8 Å². The van der Waals surface area contributed by atoms with E-state index in [9.17, 15) is 4.79 Å². The molecular weight excluding hydrogens is 286 g/mol. The third kappa shape index (κ3) is 2.87. The lowest BCUT2D eigenvalue weighted by Gasteiger charge is -2.45. The molecule has 0 aromatic heterocycles. The molecule has 0 bridgehead atoms. The molecule has 1 amide bonds. The highest BCUT2D eigenvalue weighted by Gasteiger charge is 2.40. The molecule has 2 saturated heterocycles. The van der Waals surface area contributed by atoms with E-state index < -0.39 is 0 Å². The lowest BCUT2D eigenvalue weighted by molar-refractivity contribution is -0.158. The first-order valence-corrected chi connectivity index (χ1v) is 8.19. The van der Waals surface area contributed by atoms with Crippen molar-refractivity contribution in [3.63, 3.8) is 0 Å². The number of amides is 1. The maximum Gasteiger partial charge on any atom is 0.239 e. The monoisotopic (exact) mass is 307 g/mol.